The van der Waals surface area contributed by atoms with Gasteiger partial charge in [-0.25, -0.2) is 0 Å². The van der Waals surface area contributed by atoms with Crippen LogP contribution in [0.2, 0.25) is 0 Å². The van der Waals surface area contributed by atoms with E-state index in [1.165, 1.54) is 24.0 Å². The van der Waals surface area contributed by atoms with E-state index in [1.807, 2.05) is 24.3 Å². The van der Waals surface area contributed by atoms with Crippen LogP contribution in [0.4, 0.5) is 0 Å². The fourth-order valence-electron chi connectivity index (χ4n) is 2.94. The number of rotatable bonds is 10. The van der Waals surface area contributed by atoms with Crippen molar-refractivity contribution in [2.45, 2.75) is 39.3 Å². The van der Waals surface area contributed by atoms with Crippen molar-refractivity contribution >= 4 is 0 Å². The van der Waals surface area contributed by atoms with E-state index in [1.54, 1.807) is 0 Å². The molecule has 0 saturated carbocycles. The summed E-state index contributed by atoms with van der Waals surface area (Å²) in [7, 11) is 0. The van der Waals surface area contributed by atoms with Crippen LogP contribution in [0.3, 0.4) is 0 Å². The molecule has 1 atom stereocenters. The van der Waals surface area contributed by atoms with E-state index in [4.69, 9.17) is 10.5 Å². The third kappa shape index (κ3) is 5.36. The molecular weight excluding hydrogens is 296 g/mol. The van der Waals surface area contributed by atoms with Gasteiger partial charge in [0.05, 0.1) is 0 Å². The third-order valence-corrected chi connectivity index (χ3v) is 4.36. The molecule has 0 saturated heterocycles. The smallest absolute Gasteiger partial charge is 0.120 e. The number of benzene rings is 2. The molecule has 0 aliphatic rings. The number of hydrogen-bond donors (Lipinski definition) is 1. The lowest BCUT2D eigenvalue weighted by Gasteiger charge is -2.30. The van der Waals surface area contributed by atoms with Crippen LogP contribution in [0.15, 0.2) is 54.6 Å². The fraction of sp³-hybridized carbons (Fsp3) is 0.429. The summed E-state index contributed by atoms with van der Waals surface area (Å²) in [5.41, 5.74) is 8.50. The first-order valence-corrected chi connectivity index (χ1v) is 8.99. The summed E-state index contributed by atoms with van der Waals surface area (Å²) in [6.45, 7) is 7.74. The third-order valence-electron chi connectivity index (χ3n) is 4.36. The maximum atomic E-state index is 6.09. The van der Waals surface area contributed by atoms with Gasteiger partial charge in [0.2, 0.25) is 0 Å². The molecule has 0 amide bonds. The maximum absolute atomic E-state index is 6.09. The van der Waals surface area contributed by atoms with Crippen LogP contribution >= 0.6 is 0 Å². The second kappa shape index (κ2) is 10.1. The summed E-state index contributed by atoms with van der Waals surface area (Å²) >= 11 is 0. The molecule has 0 spiro atoms. The Labute approximate surface area is 146 Å². The van der Waals surface area contributed by atoms with Gasteiger partial charge in [-0.2, -0.15) is 0 Å². The van der Waals surface area contributed by atoms with Crippen molar-refractivity contribution in [1.29, 1.82) is 0 Å². The van der Waals surface area contributed by atoms with E-state index >= 15 is 0 Å². The normalized spacial score (nSPS) is 12.3. The van der Waals surface area contributed by atoms with Gasteiger partial charge in [0.1, 0.15) is 12.4 Å². The Morgan fingerprint density at radius 3 is 2.50 bits per heavy atom. The summed E-state index contributed by atoms with van der Waals surface area (Å²) in [6, 6.07) is 18.9. The highest BCUT2D eigenvalue weighted by Crippen LogP contribution is 2.24. The second-order valence-corrected chi connectivity index (χ2v) is 6.08. The van der Waals surface area contributed by atoms with Crippen molar-refractivity contribution < 1.29 is 4.74 Å². The van der Waals surface area contributed by atoms with Crippen LogP contribution in [0.5, 0.6) is 5.75 Å². The Morgan fingerprint density at radius 2 is 1.83 bits per heavy atom. The van der Waals surface area contributed by atoms with Crippen molar-refractivity contribution in [1.82, 2.24) is 4.90 Å². The Bertz CT molecular complexity index is 585. The molecule has 2 N–H and O–H groups in total. The molecule has 0 radical (unpaired) electrons. The largest absolute Gasteiger partial charge is 0.489 e. The van der Waals surface area contributed by atoms with Crippen molar-refractivity contribution in [3.05, 3.63) is 65.7 Å². The molecule has 2 aromatic rings. The van der Waals surface area contributed by atoms with E-state index < -0.39 is 0 Å². The van der Waals surface area contributed by atoms with Crippen LogP contribution in [-0.4, -0.2) is 24.5 Å². The first-order valence-electron chi connectivity index (χ1n) is 8.99. The highest BCUT2D eigenvalue weighted by Gasteiger charge is 2.17. The Balaban J connectivity index is 2.06. The van der Waals surface area contributed by atoms with Crippen molar-refractivity contribution in [2.24, 2.45) is 5.73 Å². The molecule has 3 heteroatoms. The SMILES string of the molecule is CCCCN(CC)C(CN)c1cccc(OCc2ccccc2)c1. The van der Waals surface area contributed by atoms with Gasteiger partial charge in [-0.15, -0.1) is 0 Å². The van der Waals surface area contributed by atoms with Crippen LogP contribution in [0.25, 0.3) is 0 Å². The molecular formula is C21H30N2O. The first-order chi connectivity index (χ1) is 11.8. The van der Waals surface area contributed by atoms with Crippen LogP contribution in [0.1, 0.15) is 43.9 Å². The number of likely N-dealkylation sites (N-methyl/N-ethyl adjacent to an activating group) is 1. The quantitative estimate of drug-likeness (QED) is 0.704. The van der Waals surface area contributed by atoms with Crippen molar-refractivity contribution in [3.63, 3.8) is 0 Å². The van der Waals surface area contributed by atoms with Crippen molar-refractivity contribution in [3.8, 4) is 5.75 Å². The number of ether oxygens (including phenoxy) is 1. The lowest BCUT2D eigenvalue weighted by molar-refractivity contribution is 0.208. The highest BCUT2D eigenvalue weighted by molar-refractivity contribution is 5.31. The van der Waals surface area contributed by atoms with Crippen LogP contribution < -0.4 is 10.5 Å². The van der Waals surface area contributed by atoms with Gasteiger partial charge < -0.3 is 10.5 Å². The zero-order valence-corrected chi connectivity index (χ0v) is 14.9. The zero-order chi connectivity index (χ0) is 17.2. The minimum absolute atomic E-state index is 0.252. The number of unbranched alkanes of at least 4 members (excludes halogenated alkanes) is 1. The van der Waals surface area contributed by atoms with E-state index in [0.29, 0.717) is 13.2 Å². The van der Waals surface area contributed by atoms with E-state index in [9.17, 15) is 0 Å². The molecule has 0 heterocycles. The van der Waals surface area contributed by atoms with Crippen LogP contribution in [0, 0.1) is 0 Å². The first kappa shape index (κ1) is 18.5. The lowest BCUT2D eigenvalue weighted by Crippen LogP contribution is -2.34. The van der Waals surface area contributed by atoms with Gasteiger partial charge in [-0.3, -0.25) is 4.90 Å². The molecule has 24 heavy (non-hydrogen) atoms. The lowest BCUT2D eigenvalue weighted by atomic mass is 10.0. The van der Waals surface area contributed by atoms with Crippen molar-refractivity contribution in [2.75, 3.05) is 19.6 Å². The Kier molecular flexibility index (Phi) is 7.80. The Hall–Kier alpha value is -1.84. The second-order valence-electron chi connectivity index (χ2n) is 6.08. The molecule has 2 aromatic carbocycles. The number of nitrogens with two attached hydrogens (primary N) is 1. The average molecular weight is 326 g/mol. The van der Waals surface area contributed by atoms with Gasteiger partial charge in [-0.1, -0.05) is 62.7 Å². The molecule has 130 valence electrons. The van der Waals surface area contributed by atoms with Crippen LogP contribution in [-0.2, 0) is 6.61 Å². The van der Waals surface area contributed by atoms with E-state index in [-0.39, 0.29) is 6.04 Å². The predicted molar refractivity (Wildman–Crippen MR) is 101 cm³/mol. The maximum Gasteiger partial charge on any atom is 0.120 e. The molecule has 3 nitrogen and oxygen atoms in total. The molecule has 2 rings (SSSR count). The highest BCUT2D eigenvalue weighted by atomic mass is 16.5. The molecule has 0 aliphatic heterocycles. The zero-order valence-electron chi connectivity index (χ0n) is 14.9. The molecule has 1 unspecified atom stereocenters. The monoisotopic (exact) mass is 326 g/mol. The van der Waals surface area contributed by atoms with Gasteiger partial charge in [0, 0.05) is 12.6 Å². The van der Waals surface area contributed by atoms with E-state index in [2.05, 4.69) is 49.1 Å². The summed E-state index contributed by atoms with van der Waals surface area (Å²) in [6.07, 6.45) is 2.41. The molecule has 0 bridgehead atoms. The summed E-state index contributed by atoms with van der Waals surface area (Å²) in [5.74, 6) is 0.904. The van der Waals surface area contributed by atoms with E-state index in [0.717, 1.165) is 18.8 Å². The molecule has 0 fully saturated rings. The molecule has 0 aromatic heterocycles. The Morgan fingerprint density at radius 1 is 1.04 bits per heavy atom. The molecule has 0 aliphatic carbocycles. The van der Waals surface area contributed by atoms with Gasteiger partial charge in [0.15, 0.2) is 0 Å². The minimum Gasteiger partial charge on any atom is -0.489 e. The standard InChI is InChI=1S/C21H30N2O/c1-3-5-14-23(4-2)21(16-22)19-12-9-13-20(15-19)24-17-18-10-7-6-8-11-18/h6-13,15,21H,3-5,14,16-17,22H2,1-2H3. The van der Waals surface area contributed by atoms with Gasteiger partial charge >= 0.3 is 0 Å². The van der Waals surface area contributed by atoms with Gasteiger partial charge in [0.25, 0.3) is 0 Å². The summed E-state index contributed by atoms with van der Waals surface area (Å²) in [5, 5.41) is 0. The fourth-order valence-corrected chi connectivity index (χ4v) is 2.94. The van der Waals surface area contributed by atoms with Gasteiger partial charge in [-0.05, 0) is 42.8 Å². The number of hydrogen-bond acceptors (Lipinski definition) is 3. The summed E-state index contributed by atoms with van der Waals surface area (Å²) < 4.78 is 5.96. The topological polar surface area (TPSA) is 38.5 Å². The number of nitrogens with zero attached hydrogens (tertiary/aromatic N) is 1. The predicted octanol–water partition coefficient (Wildman–Crippen LogP) is 4.39. The minimum atomic E-state index is 0.252. The average Bonchev–Trinajstić information content (AvgIpc) is 2.64. The summed E-state index contributed by atoms with van der Waals surface area (Å²) in [4.78, 5) is 2.46.